The highest BCUT2D eigenvalue weighted by molar-refractivity contribution is 6.25. The second-order valence-corrected chi connectivity index (χ2v) is 12.0. The van der Waals surface area contributed by atoms with Crippen LogP contribution >= 0.6 is 0 Å². The number of benzene rings is 1. The molecular weight excluding hydrogens is 532 g/mol. The van der Waals surface area contributed by atoms with Gasteiger partial charge in [-0.3, -0.25) is 24.1 Å². The number of phenols is 1. The highest BCUT2D eigenvalue weighted by atomic mass is 16.3. The number of aromatic hydroxyl groups is 1. The molecule has 41 heavy (non-hydrogen) atoms. The van der Waals surface area contributed by atoms with Gasteiger partial charge in [-0.2, -0.15) is 0 Å². The predicted octanol–water partition coefficient (Wildman–Crippen LogP) is 0.801. The van der Waals surface area contributed by atoms with Crippen molar-refractivity contribution < 1.29 is 39.6 Å². The first-order valence-electron chi connectivity index (χ1n) is 13.5. The lowest BCUT2D eigenvalue weighted by Crippen LogP contribution is -2.63. The Morgan fingerprint density at radius 3 is 2.32 bits per heavy atom. The van der Waals surface area contributed by atoms with E-state index in [4.69, 9.17) is 5.73 Å². The number of nitrogens with two attached hydrogens (primary N) is 1. The maximum Gasteiger partial charge on any atom is 0.255 e. The average molecular weight is 571 g/mol. The SMILES string of the molecule is CC(C)CN(C=O)Cc1cc(N(C)C)c2c(c1O)C(=O)C1=C(O)[C@]3(O)C(=O)C(C(N)=O)=C(O)[C@H](N(C)C)[C@@H]3C[C@@H]1C2. The number of ketones is 2. The maximum atomic E-state index is 14.1. The number of nitrogens with zero attached hydrogens (tertiary/aromatic N) is 3. The van der Waals surface area contributed by atoms with Crippen LogP contribution in [-0.2, 0) is 27.3 Å². The number of fused-ring (bicyclic) bond motifs is 3. The van der Waals surface area contributed by atoms with E-state index in [1.54, 1.807) is 39.2 Å². The van der Waals surface area contributed by atoms with E-state index in [-0.39, 0.29) is 42.2 Å². The van der Waals surface area contributed by atoms with E-state index in [0.29, 0.717) is 29.8 Å². The van der Waals surface area contributed by atoms with Crippen molar-refractivity contribution in [3.8, 4) is 5.75 Å². The first-order chi connectivity index (χ1) is 19.1. The number of aliphatic hydroxyl groups excluding tert-OH is 2. The summed E-state index contributed by atoms with van der Waals surface area (Å²) in [5, 5.41) is 45.5. The molecule has 222 valence electrons. The molecule has 4 atom stereocenters. The summed E-state index contributed by atoms with van der Waals surface area (Å²) >= 11 is 0. The van der Waals surface area contributed by atoms with Crippen LogP contribution in [0.1, 0.15) is 41.8 Å². The third-order valence-corrected chi connectivity index (χ3v) is 8.38. The van der Waals surface area contributed by atoms with Crippen molar-refractivity contribution in [3.63, 3.8) is 0 Å². The smallest absolute Gasteiger partial charge is 0.255 e. The lowest BCUT2D eigenvalue weighted by atomic mass is 9.58. The van der Waals surface area contributed by atoms with Crippen LogP contribution in [0.4, 0.5) is 5.69 Å². The zero-order chi connectivity index (χ0) is 30.7. The van der Waals surface area contributed by atoms with Gasteiger partial charge in [-0.1, -0.05) is 13.8 Å². The molecule has 0 bridgehead atoms. The highest BCUT2D eigenvalue weighted by Gasteiger charge is 2.63. The number of carbonyl (C=O) groups is 4. The zero-order valence-electron chi connectivity index (χ0n) is 24.1. The molecule has 0 unspecified atom stereocenters. The Morgan fingerprint density at radius 1 is 1.17 bits per heavy atom. The van der Waals surface area contributed by atoms with Crippen LogP contribution in [0.3, 0.4) is 0 Å². The van der Waals surface area contributed by atoms with Crippen molar-refractivity contribution in [2.24, 2.45) is 23.5 Å². The van der Waals surface area contributed by atoms with Gasteiger partial charge in [0.15, 0.2) is 11.4 Å². The standard InChI is InChI=1S/C29H38N4O8/c1-13(2)10-33(12-34)11-15-9-18(31(3)4)16-7-14-8-17-22(32(5)6)25(37)21(28(30)40)27(39)29(17,41)26(38)19(14)24(36)20(16)23(15)35/h9,12-14,17,22,35,37-38,41H,7-8,10-11H2,1-6H3,(H2,30,40)/t14-,17-,22+,29-/m0/s1. The van der Waals surface area contributed by atoms with Crippen molar-refractivity contribution in [2.75, 3.05) is 39.6 Å². The molecule has 0 aromatic heterocycles. The van der Waals surface area contributed by atoms with E-state index >= 15 is 0 Å². The number of hydrogen-bond donors (Lipinski definition) is 5. The van der Waals surface area contributed by atoms with E-state index in [1.807, 2.05) is 13.8 Å². The number of aliphatic hydroxyl groups is 3. The summed E-state index contributed by atoms with van der Waals surface area (Å²) in [6.45, 7) is 4.34. The summed E-state index contributed by atoms with van der Waals surface area (Å²) in [6, 6.07) is 0.673. The third-order valence-electron chi connectivity index (χ3n) is 8.38. The van der Waals surface area contributed by atoms with Gasteiger partial charge in [0.2, 0.25) is 12.2 Å². The summed E-state index contributed by atoms with van der Waals surface area (Å²) in [7, 11) is 6.73. The molecule has 0 spiro atoms. The summed E-state index contributed by atoms with van der Waals surface area (Å²) in [5.41, 5.74) is 3.01. The van der Waals surface area contributed by atoms with Crippen LogP contribution in [0.25, 0.3) is 0 Å². The largest absolute Gasteiger partial charge is 0.510 e. The molecule has 0 radical (unpaired) electrons. The van der Waals surface area contributed by atoms with Crippen LogP contribution in [0, 0.1) is 17.8 Å². The van der Waals surface area contributed by atoms with Crippen molar-refractivity contribution in [2.45, 2.75) is 44.9 Å². The summed E-state index contributed by atoms with van der Waals surface area (Å²) in [5.74, 6) is -6.80. The minimum atomic E-state index is -2.70. The normalized spacial score (nSPS) is 25.7. The second-order valence-electron chi connectivity index (χ2n) is 12.0. The third kappa shape index (κ3) is 4.55. The fourth-order valence-corrected chi connectivity index (χ4v) is 6.71. The predicted molar refractivity (Wildman–Crippen MR) is 149 cm³/mol. The summed E-state index contributed by atoms with van der Waals surface area (Å²) < 4.78 is 0. The molecule has 12 heteroatoms. The summed E-state index contributed by atoms with van der Waals surface area (Å²) in [6.07, 6.45) is 0.861. The number of anilines is 1. The zero-order valence-corrected chi connectivity index (χ0v) is 24.1. The number of allylic oxidation sites excluding steroid dienone is 1. The summed E-state index contributed by atoms with van der Waals surface area (Å²) in [4.78, 5) is 56.2. The monoisotopic (exact) mass is 570 g/mol. The first-order valence-corrected chi connectivity index (χ1v) is 13.5. The van der Waals surface area contributed by atoms with Crippen LogP contribution in [0.2, 0.25) is 0 Å². The molecule has 0 aliphatic heterocycles. The number of Topliss-reactive ketones (excluding diaryl/α,β-unsaturated/α-hetero) is 2. The van der Waals surface area contributed by atoms with Crippen LogP contribution in [0.5, 0.6) is 5.75 Å². The van der Waals surface area contributed by atoms with E-state index in [2.05, 4.69) is 0 Å². The van der Waals surface area contributed by atoms with Gasteiger partial charge in [0.1, 0.15) is 22.8 Å². The number of amides is 2. The van der Waals surface area contributed by atoms with Crippen LogP contribution in [-0.4, -0.2) is 100 Å². The molecule has 12 nitrogen and oxygen atoms in total. The van der Waals surface area contributed by atoms with Crippen molar-refractivity contribution in [1.29, 1.82) is 0 Å². The number of hydrogen-bond acceptors (Lipinski definition) is 10. The quantitative estimate of drug-likeness (QED) is 0.221. The van der Waals surface area contributed by atoms with Gasteiger partial charge in [0.25, 0.3) is 5.91 Å². The molecule has 0 fully saturated rings. The Bertz CT molecular complexity index is 1400. The Balaban J connectivity index is 1.93. The van der Waals surface area contributed by atoms with Gasteiger partial charge in [0.05, 0.1) is 11.6 Å². The van der Waals surface area contributed by atoms with Gasteiger partial charge in [0, 0.05) is 49.9 Å². The van der Waals surface area contributed by atoms with Gasteiger partial charge in [-0.25, -0.2) is 0 Å². The molecule has 4 rings (SSSR count). The highest BCUT2D eigenvalue weighted by Crippen LogP contribution is 2.53. The number of primary amides is 1. The number of phenolic OH excluding ortho intramolecular Hbond substituents is 1. The topological polar surface area (TPSA) is 185 Å². The molecule has 0 saturated carbocycles. The number of carbonyl (C=O) groups excluding carboxylic acids is 4. The Labute approximate surface area is 238 Å². The van der Waals surface area contributed by atoms with Gasteiger partial charge < -0.3 is 36.0 Å². The second kappa shape index (κ2) is 10.5. The van der Waals surface area contributed by atoms with Gasteiger partial charge in [-0.05, 0) is 50.4 Å². The van der Waals surface area contributed by atoms with Crippen LogP contribution < -0.4 is 10.6 Å². The lowest BCUT2D eigenvalue weighted by molar-refractivity contribution is -0.148. The average Bonchev–Trinajstić information content (AvgIpc) is 2.86. The molecule has 1 aromatic rings. The fraction of sp³-hybridized carbons (Fsp3) is 0.517. The first kappa shape index (κ1) is 30.1. The van der Waals surface area contributed by atoms with Crippen molar-refractivity contribution in [3.05, 3.63) is 45.4 Å². The molecular formula is C29H38N4O8. The van der Waals surface area contributed by atoms with E-state index in [9.17, 15) is 39.6 Å². The Kier molecular flexibility index (Phi) is 7.70. The fourth-order valence-electron chi connectivity index (χ4n) is 6.71. The maximum absolute atomic E-state index is 14.1. The molecule has 3 aliphatic rings. The van der Waals surface area contributed by atoms with E-state index < -0.39 is 58.0 Å². The number of rotatable bonds is 8. The molecule has 0 saturated heterocycles. The van der Waals surface area contributed by atoms with Crippen molar-refractivity contribution in [1.82, 2.24) is 9.80 Å². The Morgan fingerprint density at radius 2 is 1.80 bits per heavy atom. The molecule has 2 amide bonds. The molecule has 6 N–H and O–H groups in total. The molecule has 3 aliphatic carbocycles. The van der Waals surface area contributed by atoms with Crippen molar-refractivity contribution >= 4 is 29.6 Å². The minimum Gasteiger partial charge on any atom is -0.510 e. The number of likely N-dealkylation sites (N-methyl/N-ethyl adjacent to an activating group) is 1. The van der Waals surface area contributed by atoms with Crippen LogP contribution in [0.15, 0.2) is 28.7 Å². The van der Waals surface area contributed by atoms with E-state index in [0.717, 1.165) is 0 Å². The van der Waals surface area contributed by atoms with E-state index in [1.165, 1.54) is 9.80 Å². The molecule has 0 heterocycles. The van der Waals surface area contributed by atoms with Gasteiger partial charge >= 0.3 is 0 Å². The van der Waals surface area contributed by atoms with Gasteiger partial charge in [-0.15, -0.1) is 0 Å². The minimum absolute atomic E-state index is 0.00838. The Hall–Kier alpha value is -3.90. The molecule has 1 aromatic carbocycles. The lowest BCUT2D eigenvalue weighted by Gasteiger charge is -2.50.